The number of ether oxygens (including phenoxy) is 1. The van der Waals surface area contributed by atoms with Crippen LogP contribution in [0.3, 0.4) is 0 Å². The van der Waals surface area contributed by atoms with Gasteiger partial charge in [0.25, 0.3) is 5.91 Å². The largest absolute Gasteiger partial charge is 0.376 e. The fourth-order valence-electron chi connectivity index (χ4n) is 1.77. The molecule has 1 saturated heterocycles. The summed E-state index contributed by atoms with van der Waals surface area (Å²) in [5, 5.41) is 2.74. The number of carbonyl (C=O) groups excluding carboxylic acids is 1. The second kappa shape index (κ2) is 5.23. The van der Waals surface area contributed by atoms with Crippen LogP contribution in [0.1, 0.15) is 29.0 Å². The lowest BCUT2D eigenvalue weighted by atomic mass is 10.2. The van der Waals surface area contributed by atoms with E-state index >= 15 is 0 Å². The number of rotatable bonds is 3. The third-order valence-electron chi connectivity index (χ3n) is 2.77. The van der Waals surface area contributed by atoms with Crippen molar-refractivity contribution in [3.8, 4) is 0 Å². The van der Waals surface area contributed by atoms with Gasteiger partial charge in [-0.1, -0.05) is 0 Å². The van der Waals surface area contributed by atoms with Crippen LogP contribution in [0.15, 0.2) is 12.1 Å². The highest BCUT2D eigenvalue weighted by molar-refractivity contribution is 5.92. The van der Waals surface area contributed by atoms with Gasteiger partial charge in [-0.15, -0.1) is 0 Å². The molecule has 1 aliphatic heterocycles. The first-order valence-corrected chi connectivity index (χ1v) is 5.70. The SMILES string of the molecule is Cc1nc(C(=O)NCC2CCCO2)ccc1F. The summed E-state index contributed by atoms with van der Waals surface area (Å²) < 4.78 is 18.4. The molecule has 0 bridgehead atoms. The zero-order valence-corrected chi connectivity index (χ0v) is 9.70. The fourth-order valence-corrected chi connectivity index (χ4v) is 1.77. The molecule has 17 heavy (non-hydrogen) atoms. The van der Waals surface area contributed by atoms with Crippen LogP contribution in [0.5, 0.6) is 0 Å². The highest BCUT2D eigenvalue weighted by Crippen LogP contribution is 2.11. The Hall–Kier alpha value is -1.49. The Kier molecular flexibility index (Phi) is 3.68. The molecule has 1 aliphatic rings. The van der Waals surface area contributed by atoms with Crippen molar-refractivity contribution < 1.29 is 13.9 Å². The lowest BCUT2D eigenvalue weighted by Gasteiger charge is -2.10. The van der Waals surface area contributed by atoms with E-state index in [0.717, 1.165) is 19.4 Å². The first-order valence-electron chi connectivity index (χ1n) is 5.70. The molecule has 0 aromatic carbocycles. The maximum absolute atomic E-state index is 13.0. The number of halogens is 1. The van der Waals surface area contributed by atoms with Gasteiger partial charge in [0.2, 0.25) is 0 Å². The van der Waals surface area contributed by atoms with E-state index in [1.54, 1.807) is 0 Å². The molecular formula is C12H15FN2O2. The third kappa shape index (κ3) is 3.00. The fraction of sp³-hybridized carbons (Fsp3) is 0.500. The molecule has 0 saturated carbocycles. The lowest BCUT2D eigenvalue weighted by molar-refractivity contribution is 0.0853. The molecule has 1 fully saturated rings. The molecule has 1 N–H and O–H groups in total. The van der Waals surface area contributed by atoms with E-state index in [9.17, 15) is 9.18 Å². The molecule has 0 spiro atoms. The van der Waals surface area contributed by atoms with E-state index in [2.05, 4.69) is 10.3 Å². The van der Waals surface area contributed by atoms with Gasteiger partial charge in [0.05, 0.1) is 11.8 Å². The molecule has 1 aromatic rings. The van der Waals surface area contributed by atoms with Crippen molar-refractivity contribution in [2.24, 2.45) is 0 Å². The number of hydrogen-bond donors (Lipinski definition) is 1. The molecule has 2 rings (SSSR count). The molecule has 2 heterocycles. The maximum atomic E-state index is 13.0. The number of aromatic nitrogens is 1. The quantitative estimate of drug-likeness (QED) is 0.866. The van der Waals surface area contributed by atoms with Crippen LogP contribution in [0.4, 0.5) is 4.39 Å². The summed E-state index contributed by atoms with van der Waals surface area (Å²) in [6, 6.07) is 2.64. The van der Waals surface area contributed by atoms with Gasteiger partial charge in [0.1, 0.15) is 11.5 Å². The van der Waals surface area contributed by atoms with Crippen LogP contribution < -0.4 is 5.32 Å². The van der Waals surface area contributed by atoms with Crippen molar-refractivity contribution in [2.45, 2.75) is 25.9 Å². The third-order valence-corrected chi connectivity index (χ3v) is 2.77. The average molecular weight is 238 g/mol. The molecule has 92 valence electrons. The number of nitrogens with one attached hydrogen (secondary N) is 1. The predicted octanol–water partition coefficient (Wildman–Crippen LogP) is 1.44. The number of nitrogens with zero attached hydrogens (tertiary/aromatic N) is 1. The van der Waals surface area contributed by atoms with E-state index in [1.165, 1.54) is 19.1 Å². The maximum Gasteiger partial charge on any atom is 0.269 e. The van der Waals surface area contributed by atoms with Crippen LogP contribution in [0.2, 0.25) is 0 Å². The highest BCUT2D eigenvalue weighted by Gasteiger charge is 2.17. The number of aryl methyl sites for hydroxylation is 1. The second-order valence-corrected chi connectivity index (χ2v) is 4.11. The summed E-state index contributed by atoms with van der Waals surface area (Å²) in [4.78, 5) is 15.6. The van der Waals surface area contributed by atoms with Crippen molar-refractivity contribution in [3.63, 3.8) is 0 Å². The smallest absolute Gasteiger partial charge is 0.269 e. The summed E-state index contributed by atoms with van der Waals surface area (Å²) in [7, 11) is 0. The zero-order chi connectivity index (χ0) is 12.3. The first kappa shape index (κ1) is 12.0. The van der Waals surface area contributed by atoms with Gasteiger partial charge in [0.15, 0.2) is 0 Å². The molecule has 0 radical (unpaired) electrons. The van der Waals surface area contributed by atoms with E-state index < -0.39 is 5.82 Å². The minimum atomic E-state index is -0.402. The number of pyridine rings is 1. The van der Waals surface area contributed by atoms with E-state index in [1.807, 2.05) is 0 Å². The number of carbonyl (C=O) groups is 1. The van der Waals surface area contributed by atoms with Gasteiger partial charge in [-0.05, 0) is 31.9 Å². The Bertz CT molecular complexity index is 417. The molecular weight excluding hydrogens is 223 g/mol. The van der Waals surface area contributed by atoms with Crippen LogP contribution in [0.25, 0.3) is 0 Å². The zero-order valence-electron chi connectivity index (χ0n) is 9.70. The normalized spacial score (nSPS) is 19.3. The minimum absolute atomic E-state index is 0.0977. The Morgan fingerprint density at radius 3 is 3.12 bits per heavy atom. The van der Waals surface area contributed by atoms with E-state index in [4.69, 9.17) is 4.74 Å². The topological polar surface area (TPSA) is 51.2 Å². The Labute approximate surface area is 99.2 Å². The highest BCUT2D eigenvalue weighted by atomic mass is 19.1. The average Bonchev–Trinajstić information content (AvgIpc) is 2.82. The van der Waals surface area contributed by atoms with Crippen molar-refractivity contribution >= 4 is 5.91 Å². The van der Waals surface area contributed by atoms with Gasteiger partial charge in [-0.25, -0.2) is 9.37 Å². The van der Waals surface area contributed by atoms with Crippen LogP contribution in [0, 0.1) is 12.7 Å². The molecule has 1 atom stereocenters. The molecule has 4 nitrogen and oxygen atoms in total. The van der Waals surface area contributed by atoms with Crippen molar-refractivity contribution in [1.29, 1.82) is 0 Å². The monoisotopic (exact) mass is 238 g/mol. The lowest BCUT2D eigenvalue weighted by Crippen LogP contribution is -2.32. The van der Waals surface area contributed by atoms with Crippen LogP contribution in [-0.2, 0) is 4.74 Å². The predicted molar refractivity (Wildman–Crippen MR) is 60.2 cm³/mol. The summed E-state index contributed by atoms with van der Waals surface area (Å²) in [6.45, 7) is 2.78. The van der Waals surface area contributed by atoms with Gasteiger partial charge in [-0.3, -0.25) is 4.79 Å². The van der Waals surface area contributed by atoms with Crippen molar-refractivity contribution in [2.75, 3.05) is 13.2 Å². The number of amides is 1. The van der Waals surface area contributed by atoms with Gasteiger partial charge in [-0.2, -0.15) is 0 Å². The number of hydrogen-bond acceptors (Lipinski definition) is 3. The van der Waals surface area contributed by atoms with Gasteiger partial charge >= 0.3 is 0 Å². The first-order chi connectivity index (χ1) is 8.16. The summed E-state index contributed by atoms with van der Waals surface area (Å²) in [5.41, 5.74) is 0.469. The summed E-state index contributed by atoms with van der Waals surface area (Å²) in [6.07, 6.45) is 2.10. The standard InChI is InChI=1S/C12H15FN2O2/c1-8-10(13)4-5-11(15-8)12(16)14-7-9-3-2-6-17-9/h4-5,9H,2-3,6-7H2,1H3,(H,14,16). The Balaban J connectivity index is 1.92. The van der Waals surface area contributed by atoms with Crippen molar-refractivity contribution in [3.05, 3.63) is 29.3 Å². The van der Waals surface area contributed by atoms with Crippen LogP contribution >= 0.6 is 0 Å². The van der Waals surface area contributed by atoms with Crippen molar-refractivity contribution in [1.82, 2.24) is 10.3 Å². The van der Waals surface area contributed by atoms with Crippen LogP contribution in [-0.4, -0.2) is 30.1 Å². The summed E-state index contributed by atoms with van der Waals surface area (Å²) in [5.74, 6) is -0.690. The second-order valence-electron chi connectivity index (χ2n) is 4.11. The molecule has 1 aromatic heterocycles. The minimum Gasteiger partial charge on any atom is -0.376 e. The molecule has 0 aliphatic carbocycles. The summed E-state index contributed by atoms with van der Waals surface area (Å²) >= 11 is 0. The Morgan fingerprint density at radius 2 is 2.47 bits per heavy atom. The van der Waals surface area contributed by atoms with E-state index in [-0.39, 0.29) is 23.4 Å². The van der Waals surface area contributed by atoms with Gasteiger partial charge in [0, 0.05) is 13.2 Å². The Morgan fingerprint density at radius 1 is 1.65 bits per heavy atom. The molecule has 5 heteroatoms. The van der Waals surface area contributed by atoms with Gasteiger partial charge < -0.3 is 10.1 Å². The van der Waals surface area contributed by atoms with E-state index in [0.29, 0.717) is 6.54 Å². The molecule has 1 amide bonds. The molecule has 1 unspecified atom stereocenters.